The molecule has 3 heterocycles. The van der Waals surface area contributed by atoms with Crippen LogP contribution < -0.4 is 9.30 Å². The first kappa shape index (κ1) is 22.6. The van der Waals surface area contributed by atoms with E-state index in [1.165, 1.54) is 27.7 Å². The Labute approximate surface area is 212 Å². The molecule has 1 saturated heterocycles. The second-order valence-corrected chi connectivity index (χ2v) is 10.3. The fourth-order valence-electron chi connectivity index (χ4n) is 5.72. The van der Waals surface area contributed by atoms with E-state index in [0.717, 1.165) is 60.5 Å². The normalized spacial score (nSPS) is 14.8. The molecular weight excluding hydrogens is 442 g/mol. The third-order valence-corrected chi connectivity index (χ3v) is 7.75. The number of piperazine rings is 1. The average Bonchev–Trinajstić information content (AvgIpc) is 3.29. The lowest BCUT2D eigenvalue weighted by molar-refractivity contribution is -0.467. The molecule has 2 aromatic heterocycles. The second kappa shape index (κ2) is 8.96. The number of hydrogen-bond acceptors (Lipinski definition) is 3. The van der Waals surface area contributed by atoms with Crippen molar-refractivity contribution in [1.82, 2.24) is 9.88 Å². The van der Waals surface area contributed by atoms with Crippen molar-refractivity contribution in [1.29, 1.82) is 5.26 Å². The number of nitrogens with zero attached hydrogens (tertiary/aromatic N) is 4. The summed E-state index contributed by atoms with van der Waals surface area (Å²) >= 11 is 0. The highest BCUT2D eigenvalue weighted by Crippen LogP contribution is 2.29. The van der Waals surface area contributed by atoms with E-state index in [-0.39, 0.29) is 5.92 Å². The van der Waals surface area contributed by atoms with Gasteiger partial charge in [-0.25, -0.2) is 0 Å². The summed E-state index contributed by atoms with van der Waals surface area (Å²) in [5.41, 5.74) is 7.72. The van der Waals surface area contributed by atoms with Crippen LogP contribution in [0.15, 0.2) is 66.7 Å². The molecule has 6 rings (SSSR count). The minimum Gasteiger partial charge on any atom is -0.293 e. The van der Waals surface area contributed by atoms with Crippen molar-refractivity contribution < 1.29 is 4.40 Å². The van der Waals surface area contributed by atoms with Gasteiger partial charge in [0.15, 0.2) is 0 Å². The lowest BCUT2D eigenvalue weighted by Gasteiger charge is -2.33. The zero-order valence-corrected chi connectivity index (χ0v) is 21.3. The Hall–Kier alpha value is -3.88. The molecule has 36 heavy (non-hydrogen) atoms. The Morgan fingerprint density at radius 3 is 2.50 bits per heavy atom. The maximum Gasteiger partial charge on any atom is 0.250 e. The third-order valence-electron chi connectivity index (χ3n) is 7.75. The fourth-order valence-corrected chi connectivity index (χ4v) is 5.72. The summed E-state index contributed by atoms with van der Waals surface area (Å²) in [6, 6.07) is 26.3. The largest absolute Gasteiger partial charge is 0.293 e. The lowest BCUT2D eigenvalue weighted by Crippen LogP contribution is -2.49. The van der Waals surface area contributed by atoms with Gasteiger partial charge in [0.25, 0.3) is 0 Å². The van der Waals surface area contributed by atoms with Crippen LogP contribution >= 0.6 is 0 Å². The van der Waals surface area contributed by atoms with Crippen LogP contribution in [0.25, 0.3) is 27.5 Å². The first-order chi connectivity index (χ1) is 17.5. The van der Waals surface area contributed by atoms with E-state index < -0.39 is 0 Å². The van der Waals surface area contributed by atoms with Crippen molar-refractivity contribution in [3.05, 3.63) is 89.0 Å². The molecule has 5 heteroatoms. The van der Waals surface area contributed by atoms with E-state index >= 15 is 0 Å². The summed E-state index contributed by atoms with van der Waals surface area (Å²) in [4.78, 5) is 8.61. The van der Waals surface area contributed by atoms with E-state index in [1.807, 2.05) is 6.07 Å². The molecule has 0 saturated carbocycles. The van der Waals surface area contributed by atoms with Gasteiger partial charge < -0.3 is 0 Å². The molecule has 5 aromatic rings. The van der Waals surface area contributed by atoms with Gasteiger partial charge in [-0.3, -0.25) is 14.8 Å². The van der Waals surface area contributed by atoms with Gasteiger partial charge in [-0.05, 0) is 52.4 Å². The summed E-state index contributed by atoms with van der Waals surface area (Å²) < 4.78 is 2.25. The highest BCUT2D eigenvalue weighted by atomic mass is 15.3. The van der Waals surface area contributed by atoms with Crippen molar-refractivity contribution in [3.8, 4) is 6.07 Å². The number of nitrogens with one attached hydrogen (secondary N) is 1. The molecule has 0 aliphatic carbocycles. The van der Waals surface area contributed by atoms with Crippen LogP contribution in [-0.4, -0.2) is 36.1 Å². The number of imidazole rings is 1. The van der Waals surface area contributed by atoms with E-state index in [9.17, 15) is 5.26 Å². The number of nitriles is 1. The van der Waals surface area contributed by atoms with E-state index in [0.29, 0.717) is 0 Å². The molecule has 1 aliphatic rings. The second-order valence-electron chi connectivity index (χ2n) is 10.3. The SMILES string of the molecule is Cc1ccc2ccccc2c1CN1CCN(c2cc(C(C)C)c(C#N)c3[nH]c4ccccc4[n+]23)CC1. The van der Waals surface area contributed by atoms with Crippen LogP contribution in [0.2, 0.25) is 0 Å². The highest BCUT2D eigenvalue weighted by Gasteiger charge is 2.29. The Bertz CT molecular complexity index is 1630. The number of hydrogen-bond donors (Lipinski definition) is 1. The Balaban J connectivity index is 1.34. The Kier molecular flexibility index (Phi) is 5.62. The smallest absolute Gasteiger partial charge is 0.250 e. The van der Waals surface area contributed by atoms with Crippen LogP contribution in [0.1, 0.15) is 42.0 Å². The maximum absolute atomic E-state index is 10.1. The van der Waals surface area contributed by atoms with Crippen molar-refractivity contribution in [2.45, 2.75) is 33.2 Å². The van der Waals surface area contributed by atoms with Gasteiger partial charge in [0, 0.05) is 25.7 Å². The quantitative estimate of drug-likeness (QED) is 0.341. The maximum atomic E-state index is 10.1. The molecule has 1 N–H and O–H groups in total. The van der Waals surface area contributed by atoms with Gasteiger partial charge in [-0.2, -0.15) is 9.66 Å². The predicted molar refractivity (Wildman–Crippen MR) is 146 cm³/mol. The van der Waals surface area contributed by atoms with Gasteiger partial charge >= 0.3 is 0 Å². The first-order valence-corrected chi connectivity index (χ1v) is 12.9. The van der Waals surface area contributed by atoms with Crippen molar-refractivity contribution in [2.24, 2.45) is 0 Å². The highest BCUT2D eigenvalue weighted by molar-refractivity contribution is 5.86. The minimum absolute atomic E-state index is 0.269. The number of aromatic amines is 1. The summed E-state index contributed by atoms with van der Waals surface area (Å²) in [5, 5.41) is 12.7. The summed E-state index contributed by atoms with van der Waals surface area (Å²) in [5.74, 6) is 1.44. The van der Waals surface area contributed by atoms with Crippen LogP contribution in [0.4, 0.5) is 5.82 Å². The Morgan fingerprint density at radius 2 is 1.72 bits per heavy atom. The molecule has 0 unspecified atom stereocenters. The van der Waals surface area contributed by atoms with E-state index in [1.54, 1.807) is 0 Å². The van der Waals surface area contributed by atoms with E-state index in [2.05, 4.69) is 107 Å². The van der Waals surface area contributed by atoms with Gasteiger partial charge in [0.1, 0.15) is 22.7 Å². The van der Waals surface area contributed by atoms with Crippen molar-refractivity contribution in [3.63, 3.8) is 0 Å². The number of aryl methyl sites for hydroxylation is 1. The van der Waals surface area contributed by atoms with Gasteiger partial charge in [-0.15, -0.1) is 0 Å². The number of aromatic nitrogens is 2. The number of anilines is 1. The summed E-state index contributed by atoms with van der Waals surface area (Å²) in [7, 11) is 0. The summed E-state index contributed by atoms with van der Waals surface area (Å²) in [6.07, 6.45) is 0. The minimum atomic E-state index is 0.269. The number of benzene rings is 3. The molecule has 0 bridgehead atoms. The molecule has 0 radical (unpaired) electrons. The van der Waals surface area contributed by atoms with Crippen molar-refractivity contribution >= 4 is 33.3 Å². The van der Waals surface area contributed by atoms with Gasteiger partial charge in [0.05, 0.1) is 13.1 Å². The fraction of sp³-hybridized carbons (Fsp3) is 0.290. The monoisotopic (exact) mass is 474 g/mol. The third kappa shape index (κ3) is 3.70. The molecule has 1 aliphatic heterocycles. The van der Waals surface area contributed by atoms with Gasteiger partial charge in [-0.1, -0.05) is 62.4 Å². The number of pyridine rings is 1. The van der Waals surface area contributed by atoms with Crippen LogP contribution in [0.5, 0.6) is 0 Å². The molecule has 180 valence electrons. The molecule has 5 nitrogen and oxygen atoms in total. The van der Waals surface area contributed by atoms with E-state index in [4.69, 9.17) is 0 Å². The van der Waals surface area contributed by atoms with Crippen LogP contribution in [0, 0.1) is 18.3 Å². The number of H-pyrrole nitrogens is 1. The molecule has 0 amide bonds. The standard InChI is InChI=1S/C31H31N5/c1-21(2)25-18-30(36-29-11-7-6-10-28(29)33-31(36)26(25)19-32)35-16-14-34(15-17-35)20-27-22(3)12-13-23-8-4-5-9-24(23)27/h4-13,18,21H,14-17,20H2,1-3H3/p+1. The van der Waals surface area contributed by atoms with Crippen LogP contribution in [-0.2, 0) is 6.54 Å². The molecule has 3 aromatic carbocycles. The number of rotatable bonds is 4. The summed E-state index contributed by atoms with van der Waals surface area (Å²) in [6.45, 7) is 11.5. The molecule has 1 fully saturated rings. The lowest BCUT2D eigenvalue weighted by atomic mass is 9.98. The zero-order chi connectivity index (χ0) is 24.8. The Morgan fingerprint density at radius 1 is 0.972 bits per heavy atom. The first-order valence-electron chi connectivity index (χ1n) is 12.9. The number of para-hydroxylation sites is 2. The average molecular weight is 475 g/mol. The molecule has 0 atom stereocenters. The molecule has 0 spiro atoms. The van der Waals surface area contributed by atoms with Gasteiger partial charge in [0.2, 0.25) is 11.5 Å². The zero-order valence-electron chi connectivity index (χ0n) is 21.3. The van der Waals surface area contributed by atoms with Crippen molar-refractivity contribution in [2.75, 3.05) is 31.1 Å². The number of fused-ring (bicyclic) bond motifs is 4. The van der Waals surface area contributed by atoms with Crippen LogP contribution in [0.3, 0.4) is 0 Å². The predicted octanol–water partition coefficient (Wildman–Crippen LogP) is 5.69. The molecular formula is C31H32N5+. The topological polar surface area (TPSA) is 50.2 Å².